The lowest BCUT2D eigenvalue weighted by molar-refractivity contribution is 1.15. The molecular weight excluding hydrogens is 246 g/mol. The van der Waals surface area contributed by atoms with E-state index in [1.165, 1.54) is 0 Å². The van der Waals surface area contributed by atoms with Crippen molar-refractivity contribution in [2.75, 3.05) is 0 Å². The molecule has 1 N–H and O–H groups in total. The third-order valence-corrected chi connectivity index (χ3v) is 4.05. The van der Waals surface area contributed by atoms with Gasteiger partial charge in [0.25, 0.3) is 5.56 Å². The number of aromatic amines is 1. The van der Waals surface area contributed by atoms with Gasteiger partial charge in [-0.2, -0.15) is 0 Å². The molecule has 0 aliphatic heterocycles. The minimum Gasteiger partial charge on any atom is -0.305 e. The number of nitrogens with zero attached hydrogens (tertiary/aromatic N) is 2. The first-order valence-corrected chi connectivity index (χ1v) is 6.40. The maximum Gasteiger partial charge on any atom is 0.260 e. The zero-order valence-electron chi connectivity index (χ0n) is 10.0. The number of aryl methyl sites for hydroxylation is 2. The molecule has 0 spiro atoms. The number of aromatic nitrogens is 3. The molecule has 0 atom stereocenters. The largest absolute Gasteiger partial charge is 0.305 e. The van der Waals surface area contributed by atoms with Gasteiger partial charge in [-0.25, -0.2) is 4.98 Å². The van der Waals surface area contributed by atoms with Crippen molar-refractivity contribution in [1.82, 2.24) is 15.0 Å². The van der Waals surface area contributed by atoms with Crippen molar-refractivity contribution >= 4 is 21.6 Å². The van der Waals surface area contributed by atoms with E-state index in [1.54, 1.807) is 17.5 Å². The molecule has 18 heavy (non-hydrogen) atoms. The maximum absolute atomic E-state index is 12.1. The van der Waals surface area contributed by atoms with Crippen molar-refractivity contribution in [3.8, 4) is 11.5 Å². The molecular formula is C13H11N3OS. The third-order valence-electron chi connectivity index (χ3n) is 2.95. The fourth-order valence-electron chi connectivity index (χ4n) is 1.88. The van der Waals surface area contributed by atoms with Crippen molar-refractivity contribution in [2.45, 2.75) is 13.8 Å². The Morgan fingerprint density at radius 2 is 2.11 bits per heavy atom. The number of pyridine rings is 1. The van der Waals surface area contributed by atoms with Gasteiger partial charge in [0.15, 0.2) is 5.82 Å². The van der Waals surface area contributed by atoms with Gasteiger partial charge in [-0.3, -0.25) is 9.78 Å². The Balaban J connectivity index is 2.32. The molecule has 3 aromatic rings. The molecule has 3 rings (SSSR count). The van der Waals surface area contributed by atoms with Crippen LogP contribution in [0.1, 0.15) is 10.4 Å². The molecule has 3 aromatic heterocycles. The van der Waals surface area contributed by atoms with Gasteiger partial charge in [-0.1, -0.05) is 6.07 Å². The van der Waals surface area contributed by atoms with Crippen LogP contribution < -0.4 is 5.56 Å². The fraction of sp³-hybridized carbons (Fsp3) is 0.154. The lowest BCUT2D eigenvalue weighted by Crippen LogP contribution is -2.09. The first kappa shape index (κ1) is 11.1. The maximum atomic E-state index is 12.1. The summed E-state index contributed by atoms with van der Waals surface area (Å²) in [7, 11) is 0. The molecule has 0 aliphatic rings. The molecule has 0 amide bonds. The normalized spacial score (nSPS) is 11.0. The average molecular weight is 257 g/mol. The van der Waals surface area contributed by atoms with Crippen molar-refractivity contribution < 1.29 is 0 Å². The highest BCUT2D eigenvalue weighted by atomic mass is 32.1. The zero-order valence-corrected chi connectivity index (χ0v) is 10.8. The van der Waals surface area contributed by atoms with Crippen LogP contribution in [0.5, 0.6) is 0 Å². The number of H-pyrrole nitrogens is 1. The van der Waals surface area contributed by atoms with E-state index in [1.807, 2.05) is 32.0 Å². The molecule has 0 unspecified atom stereocenters. The van der Waals surface area contributed by atoms with E-state index in [2.05, 4.69) is 15.0 Å². The van der Waals surface area contributed by atoms with Gasteiger partial charge >= 0.3 is 0 Å². The summed E-state index contributed by atoms with van der Waals surface area (Å²) in [6.45, 7) is 3.95. The van der Waals surface area contributed by atoms with E-state index in [0.717, 1.165) is 15.3 Å². The first-order valence-electron chi connectivity index (χ1n) is 5.58. The lowest BCUT2D eigenvalue weighted by atomic mass is 10.2. The molecule has 0 bridgehead atoms. The Bertz CT molecular complexity index is 774. The molecule has 0 fully saturated rings. The topological polar surface area (TPSA) is 58.6 Å². The first-order chi connectivity index (χ1) is 8.66. The van der Waals surface area contributed by atoms with Gasteiger partial charge in [-0.15, -0.1) is 11.3 Å². The smallest absolute Gasteiger partial charge is 0.260 e. The van der Waals surface area contributed by atoms with Crippen LogP contribution in [-0.2, 0) is 0 Å². The van der Waals surface area contributed by atoms with Gasteiger partial charge < -0.3 is 4.98 Å². The Kier molecular flexibility index (Phi) is 2.48. The number of thiophene rings is 1. The summed E-state index contributed by atoms with van der Waals surface area (Å²) < 4.78 is 0. The molecule has 0 aromatic carbocycles. The second-order valence-corrected chi connectivity index (χ2v) is 5.30. The highest BCUT2D eigenvalue weighted by molar-refractivity contribution is 7.18. The molecule has 4 nitrogen and oxygen atoms in total. The number of rotatable bonds is 1. The summed E-state index contributed by atoms with van der Waals surface area (Å²) in [6.07, 6.45) is 1.68. The summed E-state index contributed by atoms with van der Waals surface area (Å²) in [5.74, 6) is 0.523. The van der Waals surface area contributed by atoms with Crippen LogP contribution >= 0.6 is 11.3 Å². The Labute approximate surface area is 107 Å². The van der Waals surface area contributed by atoms with Crippen molar-refractivity contribution in [2.24, 2.45) is 0 Å². The molecule has 0 aliphatic carbocycles. The van der Waals surface area contributed by atoms with Crippen molar-refractivity contribution in [1.29, 1.82) is 0 Å². The van der Waals surface area contributed by atoms with Gasteiger partial charge in [0.05, 0.1) is 5.39 Å². The van der Waals surface area contributed by atoms with Gasteiger partial charge in [0.2, 0.25) is 0 Å². The summed E-state index contributed by atoms with van der Waals surface area (Å²) in [6, 6.07) is 5.54. The lowest BCUT2D eigenvalue weighted by Gasteiger charge is -1.99. The number of fused-ring (bicyclic) bond motifs is 1. The number of nitrogens with one attached hydrogen (secondary N) is 1. The van der Waals surface area contributed by atoms with E-state index in [-0.39, 0.29) is 5.56 Å². The molecule has 90 valence electrons. The predicted molar refractivity (Wildman–Crippen MR) is 72.9 cm³/mol. The zero-order chi connectivity index (χ0) is 12.7. The van der Waals surface area contributed by atoms with E-state index in [9.17, 15) is 4.79 Å². The van der Waals surface area contributed by atoms with Crippen LogP contribution in [0.15, 0.2) is 29.2 Å². The van der Waals surface area contributed by atoms with E-state index < -0.39 is 0 Å². The minimum absolute atomic E-state index is 0.0949. The van der Waals surface area contributed by atoms with E-state index in [0.29, 0.717) is 16.9 Å². The fourth-order valence-corrected chi connectivity index (χ4v) is 2.91. The monoisotopic (exact) mass is 257 g/mol. The standard InChI is InChI=1S/C13H11N3OS/c1-7-8(2)18-13-10(7)12(17)15-11(16-13)9-5-3-4-6-14-9/h3-6H,1-2H3,(H,15,16,17). The quantitative estimate of drug-likeness (QED) is 0.729. The van der Waals surface area contributed by atoms with E-state index >= 15 is 0 Å². The van der Waals surface area contributed by atoms with Crippen molar-refractivity contribution in [3.05, 3.63) is 45.2 Å². The van der Waals surface area contributed by atoms with Crippen LogP contribution in [0.25, 0.3) is 21.7 Å². The Morgan fingerprint density at radius 3 is 2.83 bits per heavy atom. The van der Waals surface area contributed by atoms with Crippen LogP contribution in [0, 0.1) is 13.8 Å². The second-order valence-electron chi connectivity index (χ2n) is 4.09. The van der Waals surface area contributed by atoms with Crippen LogP contribution in [-0.4, -0.2) is 15.0 Å². The molecule has 0 saturated carbocycles. The van der Waals surface area contributed by atoms with Gasteiger partial charge in [0.1, 0.15) is 10.5 Å². The third kappa shape index (κ3) is 1.64. The number of hydrogen-bond donors (Lipinski definition) is 1. The Morgan fingerprint density at radius 1 is 1.28 bits per heavy atom. The average Bonchev–Trinajstić information content (AvgIpc) is 2.66. The Hall–Kier alpha value is -2.01. The summed E-state index contributed by atoms with van der Waals surface area (Å²) in [5, 5.41) is 0.692. The van der Waals surface area contributed by atoms with Crippen molar-refractivity contribution in [3.63, 3.8) is 0 Å². The van der Waals surface area contributed by atoms with Crippen LogP contribution in [0.2, 0.25) is 0 Å². The minimum atomic E-state index is -0.0949. The van der Waals surface area contributed by atoms with E-state index in [4.69, 9.17) is 0 Å². The molecule has 0 saturated heterocycles. The summed E-state index contributed by atoms with van der Waals surface area (Å²) in [4.78, 5) is 25.5. The molecule has 5 heteroatoms. The molecule has 3 heterocycles. The SMILES string of the molecule is Cc1sc2nc(-c3ccccn3)[nH]c(=O)c2c1C. The predicted octanol–water partition coefficient (Wildman–Crippen LogP) is 2.66. The highest BCUT2D eigenvalue weighted by Gasteiger charge is 2.12. The summed E-state index contributed by atoms with van der Waals surface area (Å²) >= 11 is 1.54. The van der Waals surface area contributed by atoms with Crippen LogP contribution in [0.3, 0.4) is 0 Å². The molecule has 0 radical (unpaired) electrons. The highest BCUT2D eigenvalue weighted by Crippen LogP contribution is 2.26. The van der Waals surface area contributed by atoms with Crippen LogP contribution in [0.4, 0.5) is 0 Å². The summed E-state index contributed by atoms with van der Waals surface area (Å²) in [5.41, 5.74) is 1.60. The number of hydrogen-bond acceptors (Lipinski definition) is 4. The van der Waals surface area contributed by atoms with Gasteiger partial charge in [0, 0.05) is 11.1 Å². The second kappa shape index (κ2) is 4.03. The van der Waals surface area contributed by atoms with Gasteiger partial charge in [-0.05, 0) is 31.5 Å².